The third-order valence-corrected chi connectivity index (χ3v) is 2.62. The van der Waals surface area contributed by atoms with Crippen LogP contribution in [0.1, 0.15) is 6.92 Å². The minimum Gasteiger partial charge on any atom is -0.314 e. The minimum atomic E-state index is 0.0423. The van der Waals surface area contributed by atoms with E-state index in [0.717, 1.165) is 25.3 Å². The van der Waals surface area contributed by atoms with E-state index in [1.54, 1.807) is 12.4 Å². The smallest absolute Gasteiger partial charge is 0.231 e. The molecule has 4 nitrogen and oxygen atoms in total. The van der Waals surface area contributed by atoms with Gasteiger partial charge in [-0.2, -0.15) is 0 Å². The van der Waals surface area contributed by atoms with Gasteiger partial charge in [-0.05, 0) is 12.1 Å². The highest BCUT2D eigenvalue weighted by molar-refractivity contribution is 5.95. The highest BCUT2D eigenvalue weighted by atomic mass is 16.2. The zero-order valence-corrected chi connectivity index (χ0v) is 8.81. The van der Waals surface area contributed by atoms with Gasteiger partial charge in [0.25, 0.3) is 0 Å². The largest absolute Gasteiger partial charge is 0.314 e. The Labute approximate surface area is 89.3 Å². The molecule has 1 aromatic rings. The van der Waals surface area contributed by atoms with Crippen molar-refractivity contribution in [1.82, 2.24) is 10.3 Å². The van der Waals surface area contributed by atoms with Crippen molar-refractivity contribution in [3.63, 3.8) is 0 Å². The van der Waals surface area contributed by atoms with Crippen molar-refractivity contribution in [3.8, 4) is 0 Å². The molecule has 0 radical (unpaired) electrons. The molecule has 1 unspecified atom stereocenters. The number of carbonyl (C=O) groups excluding carboxylic acids is 1. The molecule has 1 fully saturated rings. The summed E-state index contributed by atoms with van der Waals surface area (Å²) in [4.78, 5) is 17.8. The molecule has 2 rings (SSSR count). The van der Waals surface area contributed by atoms with E-state index in [1.165, 1.54) is 0 Å². The molecule has 1 aliphatic rings. The summed E-state index contributed by atoms with van der Waals surface area (Å²) in [7, 11) is 0. The zero-order valence-electron chi connectivity index (χ0n) is 8.81. The number of nitrogens with one attached hydrogen (secondary N) is 1. The number of hydrogen-bond donors (Lipinski definition) is 1. The van der Waals surface area contributed by atoms with Crippen molar-refractivity contribution in [2.45, 2.75) is 6.92 Å². The van der Waals surface area contributed by atoms with Gasteiger partial charge in [-0.3, -0.25) is 9.78 Å². The first-order valence-corrected chi connectivity index (χ1v) is 5.21. The predicted octanol–water partition coefficient (Wildman–Crippen LogP) is 0.654. The molecule has 80 valence electrons. The maximum atomic E-state index is 12.0. The van der Waals surface area contributed by atoms with Gasteiger partial charge in [0.05, 0.1) is 0 Å². The second-order valence-electron chi connectivity index (χ2n) is 3.80. The first-order valence-electron chi connectivity index (χ1n) is 5.21. The molecule has 0 saturated carbocycles. The third-order valence-electron chi connectivity index (χ3n) is 2.62. The SMILES string of the molecule is CC1CNCCN(c2ccncc2)C1=O. The van der Waals surface area contributed by atoms with E-state index in [9.17, 15) is 4.79 Å². The molecule has 4 heteroatoms. The molecular formula is C11H15N3O. The van der Waals surface area contributed by atoms with Crippen molar-refractivity contribution in [3.05, 3.63) is 24.5 Å². The predicted molar refractivity (Wildman–Crippen MR) is 58.6 cm³/mol. The number of anilines is 1. The molecule has 0 aromatic carbocycles. The van der Waals surface area contributed by atoms with Crippen LogP contribution in [0.15, 0.2) is 24.5 Å². The number of aromatic nitrogens is 1. The molecule has 0 bridgehead atoms. The lowest BCUT2D eigenvalue weighted by Gasteiger charge is -2.22. The summed E-state index contributed by atoms with van der Waals surface area (Å²) >= 11 is 0. The number of carbonyl (C=O) groups is 1. The maximum Gasteiger partial charge on any atom is 0.231 e. The second kappa shape index (κ2) is 4.40. The van der Waals surface area contributed by atoms with Crippen LogP contribution in [-0.2, 0) is 4.79 Å². The minimum absolute atomic E-state index is 0.0423. The van der Waals surface area contributed by atoms with Gasteiger partial charge in [-0.25, -0.2) is 0 Å². The van der Waals surface area contributed by atoms with Gasteiger partial charge in [0.1, 0.15) is 0 Å². The molecule has 1 aliphatic heterocycles. The van der Waals surface area contributed by atoms with Crippen LogP contribution in [0.2, 0.25) is 0 Å². The van der Waals surface area contributed by atoms with Crippen LogP contribution in [0.5, 0.6) is 0 Å². The van der Waals surface area contributed by atoms with Gasteiger partial charge in [-0.1, -0.05) is 6.92 Å². The average molecular weight is 205 g/mol. The lowest BCUT2D eigenvalue weighted by Crippen LogP contribution is -2.35. The fourth-order valence-electron chi connectivity index (χ4n) is 1.75. The Hall–Kier alpha value is -1.42. The molecule has 1 saturated heterocycles. The molecular weight excluding hydrogens is 190 g/mol. The van der Waals surface area contributed by atoms with E-state index < -0.39 is 0 Å². The van der Waals surface area contributed by atoms with E-state index in [2.05, 4.69) is 10.3 Å². The second-order valence-corrected chi connectivity index (χ2v) is 3.80. The molecule has 1 N–H and O–H groups in total. The summed E-state index contributed by atoms with van der Waals surface area (Å²) in [5.74, 6) is 0.229. The van der Waals surface area contributed by atoms with Crippen molar-refractivity contribution < 1.29 is 4.79 Å². The Kier molecular flexibility index (Phi) is 2.97. The van der Waals surface area contributed by atoms with E-state index in [1.807, 2.05) is 24.0 Å². The van der Waals surface area contributed by atoms with Gasteiger partial charge < -0.3 is 10.2 Å². The molecule has 1 atom stereocenters. The van der Waals surface area contributed by atoms with E-state index in [0.29, 0.717) is 0 Å². The summed E-state index contributed by atoms with van der Waals surface area (Å²) < 4.78 is 0. The van der Waals surface area contributed by atoms with Crippen molar-refractivity contribution >= 4 is 11.6 Å². The zero-order chi connectivity index (χ0) is 10.7. The number of hydrogen-bond acceptors (Lipinski definition) is 3. The van der Waals surface area contributed by atoms with Crippen LogP contribution in [0, 0.1) is 5.92 Å². The van der Waals surface area contributed by atoms with E-state index in [-0.39, 0.29) is 11.8 Å². The molecule has 1 amide bonds. The van der Waals surface area contributed by atoms with Crippen LogP contribution in [0.4, 0.5) is 5.69 Å². The topological polar surface area (TPSA) is 45.2 Å². The normalized spacial score (nSPS) is 22.6. The first-order chi connectivity index (χ1) is 7.29. The van der Waals surface area contributed by atoms with Crippen LogP contribution >= 0.6 is 0 Å². The van der Waals surface area contributed by atoms with Gasteiger partial charge in [0.2, 0.25) is 5.91 Å². The monoisotopic (exact) mass is 205 g/mol. The number of pyridine rings is 1. The standard InChI is InChI=1S/C11H15N3O/c1-9-8-13-6-7-14(11(9)15)10-2-4-12-5-3-10/h2-5,9,13H,6-8H2,1H3. The molecule has 0 aliphatic carbocycles. The van der Waals surface area contributed by atoms with Crippen LogP contribution in [-0.4, -0.2) is 30.5 Å². The van der Waals surface area contributed by atoms with Gasteiger partial charge >= 0.3 is 0 Å². The molecule has 1 aromatic heterocycles. The Bertz CT molecular complexity index is 339. The third kappa shape index (κ3) is 2.15. The van der Waals surface area contributed by atoms with Crippen molar-refractivity contribution in [2.24, 2.45) is 5.92 Å². The summed E-state index contributed by atoms with van der Waals surface area (Å²) in [6.07, 6.45) is 3.43. The van der Waals surface area contributed by atoms with Crippen molar-refractivity contribution in [2.75, 3.05) is 24.5 Å². The summed E-state index contributed by atoms with van der Waals surface area (Å²) in [6, 6.07) is 3.74. The van der Waals surface area contributed by atoms with Gasteiger partial charge in [-0.15, -0.1) is 0 Å². The fraction of sp³-hybridized carbons (Fsp3) is 0.455. The quantitative estimate of drug-likeness (QED) is 0.732. The summed E-state index contributed by atoms with van der Waals surface area (Å²) in [5, 5.41) is 3.25. The highest BCUT2D eigenvalue weighted by Crippen LogP contribution is 2.16. The Morgan fingerprint density at radius 3 is 2.93 bits per heavy atom. The summed E-state index contributed by atoms with van der Waals surface area (Å²) in [6.45, 7) is 4.29. The number of rotatable bonds is 1. The Morgan fingerprint density at radius 2 is 2.20 bits per heavy atom. The molecule has 0 spiro atoms. The summed E-state index contributed by atoms with van der Waals surface area (Å²) in [5.41, 5.74) is 0.936. The lowest BCUT2D eigenvalue weighted by atomic mass is 10.1. The van der Waals surface area contributed by atoms with Gasteiger partial charge in [0, 0.05) is 43.6 Å². The van der Waals surface area contributed by atoms with Crippen LogP contribution < -0.4 is 10.2 Å². The molecule has 15 heavy (non-hydrogen) atoms. The Morgan fingerprint density at radius 1 is 1.47 bits per heavy atom. The van der Waals surface area contributed by atoms with Crippen LogP contribution in [0.3, 0.4) is 0 Å². The van der Waals surface area contributed by atoms with Crippen molar-refractivity contribution in [1.29, 1.82) is 0 Å². The number of amides is 1. The van der Waals surface area contributed by atoms with E-state index >= 15 is 0 Å². The van der Waals surface area contributed by atoms with Gasteiger partial charge in [0.15, 0.2) is 0 Å². The molecule has 2 heterocycles. The van der Waals surface area contributed by atoms with E-state index in [4.69, 9.17) is 0 Å². The highest BCUT2D eigenvalue weighted by Gasteiger charge is 2.23. The Balaban J connectivity index is 2.23. The van der Waals surface area contributed by atoms with Crippen LogP contribution in [0.25, 0.3) is 0 Å². The first kappa shape index (κ1) is 10.1. The number of nitrogens with zero attached hydrogens (tertiary/aromatic N) is 2. The fourth-order valence-corrected chi connectivity index (χ4v) is 1.75. The maximum absolute atomic E-state index is 12.0. The lowest BCUT2D eigenvalue weighted by molar-refractivity contribution is -0.121. The average Bonchev–Trinajstić information content (AvgIpc) is 2.44.